The summed E-state index contributed by atoms with van der Waals surface area (Å²) >= 11 is 5.82. The van der Waals surface area contributed by atoms with Crippen molar-refractivity contribution >= 4 is 27.5 Å². The molecule has 0 fully saturated rings. The Balaban J connectivity index is 1.80. The van der Waals surface area contributed by atoms with Gasteiger partial charge in [0.15, 0.2) is 0 Å². The Morgan fingerprint density at radius 1 is 1.13 bits per heavy atom. The molecule has 1 heterocycles. The zero-order chi connectivity index (χ0) is 16.7. The zero-order valence-corrected chi connectivity index (χ0v) is 13.8. The molecule has 0 aliphatic carbocycles. The lowest BCUT2D eigenvalue weighted by atomic mass is 10.2. The minimum Gasteiger partial charge on any atom is -0.351 e. The van der Waals surface area contributed by atoms with Gasteiger partial charge in [0.2, 0.25) is 15.9 Å². The second-order valence-electron chi connectivity index (χ2n) is 4.84. The van der Waals surface area contributed by atoms with Gasteiger partial charge in [-0.3, -0.25) is 9.78 Å². The molecule has 2 rings (SSSR count). The minimum atomic E-state index is -3.61. The maximum absolute atomic E-state index is 11.9. The molecule has 2 N–H and O–H groups in total. The largest absolute Gasteiger partial charge is 0.351 e. The highest BCUT2D eigenvalue weighted by Gasteiger charge is 2.13. The highest BCUT2D eigenvalue weighted by molar-refractivity contribution is 7.88. The molecule has 122 valence electrons. The van der Waals surface area contributed by atoms with Crippen LogP contribution in [-0.2, 0) is 27.1 Å². The lowest BCUT2D eigenvalue weighted by molar-refractivity contribution is -0.120. The summed E-state index contributed by atoms with van der Waals surface area (Å²) in [5.41, 5.74) is 1.44. The van der Waals surface area contributed by atoms with Crippen molar-refractivity contribution in [3.05, 3.63) is 64.9 Å². The lowest BCUT2D eigenvalue weighted by Crippen LogP contribution is -2.37. The third-order valence-electron chi connectivity index (χ3n) is 2.94. The Hall–Kier alpha value is -1.96. The lowest BCUT2D eigenvalue weighted by Gasteiger charge is -2.08. The molecule has 6 nitrogen and oxygen atoms in total. The van der Waals surface area contributed by atoms with Crippen molar-refractivity contribution in [1.29, 1.82) is 0 Å². The number of benzene rings is 1. The monoisotopic (exact) mass is 353 g/mol. The first-order valence-electron chi connectivity index (χ1n) is 6.82. The van der Waals surface area contributed by atoms with E-state index >= 15 is 0 Å². The summed E-state index contributed by atoms with van der Waals surface area (Å²) in [4.78, 5) is 15.6. The van der Waals surface area contributed by atoms with Gasteiger partial charge in [0.1, 0.15) is 0 Å². The van der Waals surface area contributed by atoms with E-state index in [4.69, 9.17) is 11.6 Å². The van der Waals surface area contributed by atoms with Crippen LogP contribution in [0.1, 0.15) is 11.1 Å². The van der Waals surface area contributed by atoms with E-state index in [1.807, 2.05) is 0 Å². The van der Waals surface area contributed by atoms with Gasteiger partial charge < -0.3 is 5.32 Å². The van der Waals surface area contributed by atoms with Gasteiger partial charge in [-0.05, 0) is 35.4 Å². The molecule has 0 aliphatic rings. The molecule has 0 radical (unpaired) electrons. The number of nitrogens with one attached hydrogen (secondary N) is 2. The van der Waals surface area contributed by atoms with Crippen molar-refractivity contribution < 1.29 is 13.2 Å². The van der Waals surface area contributed by atoms with E-state index in [9.17, 15) is 13.2 Å². The molecule has 0 atom stereocenters. The highest BCUT2D eigenvalue weighted by atomic mass is 35.5. The number of amides is 1. The van der Waals surface area contributed by atoms with Crippen molar-refractivity contribution in [2.24, 2.45) is 0 Å². The molecule has 0 saturated carbocycles. The molecule has 0 unspecified atom stereocenters. The number of carbonyl (C=O) groups is 1. The molecule has 0 aliphatic heterocycles. The van der Waals surface area contributed by atoms with E-state index in [0.717, 1.165) is 5.56 Å². The highest BCUT2D eigenvalue weighted by Crippen LogP contribution is 2.12. The van der Waals surface area contributed by atoms with Crippen LogP contribution in [0.5, 0.6) is 0 Å². The standard InChI is InChI=1S/C15H16ClN3O3S/c16-14-3-1-2-13(8-14)11-23(21,22)19-10-15(20)18-9-12-4-6-17-7-5-12/h1-8,19H,9-11H2,(H,18,20). The van der Waals surface area contributed by atoms with Crippen LogP contribution in [-0.4, -0.2) is 25.9 Å². The predicted octanol–water partition coefficient (Wildman–Crippen LogP) is 1.47. The first-order chi connectivity index (χ1) is 10.9. The van der Waals surface area contributed by atoms with Gasteiger partial charge in [-0.25, -0.2) is 13.1 Å². The molecule has 1 aromatic heterocycles. The zero-order valence-electron chi connectivity index (χ0n) is 12.2. The number of hydrogen-bond acceptors (Lipinski definition) is 4. The topological polar surface area (TPSA) is 88.2 Å². The number of aromatic nitrogens is 1. The summed E-state index contributed by atoms with van der Waals surface area (Å²) < 4.78 is 26.2. The van der Waals surface area contributed by atoms with Crippen molar-refractivity contribution in [1.82, 2.24) is 15.0 Å². The van der Waals surface area contributed by atoms with Crippen molar-refractivity contribution in [2.45, 2.75) is 12.3 Å². The van der Waals surface area contributed by atoms with Crippen LogP contribution in [0, 0.1) is 0 Å². The number of sulfonamides is 1. The van der Waals surface area contributed by atoms with Gasteiger partial charge >= 0.3 is 0 Å². The van der Waals surface area contributed by atoms with E-state index in [1.54, 1.807) is 48.8 Å². The quantitative estimate of drug-likeness (QED) is 0.789. The maximum Gasteiger partial charge on any atom is 0.235 e. The summed E-state index contributed by atoms with van der Waals surface area (Å²) in [5, 5.41) is 3.10. The van der Waals surface area contributed by atoms with Gasteiger partial charge in [-0.15, -0.1) is 0 Å². The first-order valence-corrected chi connectivity index (χ1v) is 8.85. The van der Waals surface area contributed by atoms with Crippen LogP contribution in [0.4, 0.5) is 0 Å². The van der Waals surface area contributed by atoms with E-state index in [0.29, 0.717) is 17.1 Å². The summed E-state index contributed by atoms with van der Waals surface area (Å²) in [6, 6.07) is 10.1. The van der Waals surface area contributed by atoms with E-state index in [1.165, 1.54) is 0 Å². The summed E-state index contributed by atoms with van der Waals surface area (Å²) in [6.45, 7) is 0.00531. The van der Waals surface area contributed by atoms with Crippen molar-refractivity contribution in [3.8, 4) is 0 Å². The molecule has 0 saturated heterocycles. The average Bonchev–Trinajstić information content (AvgIpc) is 2.52. The molecular weight excluding hydrogens is 338 g/mol. The number of hydrogen-bond donors (Lipinski definition) is 2. The fraction of sp³-hybridized carbons (Fsp3) is 0.200. The van der Waals surface area contributed by atoms with Gasteiger partial charge in [0.05, 0.1) is 12.3 Å². The Kier molecular flexibility index (Phi) is 6.09. The summed E-state index contributed by atoms with van der Waals surface area (Å²) in [7, 11) is -3.61. The van der Waals surface area contributed by atoms with Crippen LogP contribution in [0.2, 0.25) is 5.02 Å². The molecule has 0 bridgehead atoms. The Labute approximate surface area is 139 Å². The van der Waals surface area contributed by atoms with Crippen LogP contribution in [0.15, 0.2) is 48.8 Å². The summed E-state index contributed by atoms with van der Waals surface area (Å²) in [5.74, 6) is -0.637. The normalized spacial score (nSPS) is 11.2. The van der Waals surface area contributed by atoms with Crippen molar-refractivity contribution in [2.75, 3.05) is 6.54 Å². The Bertz CT molecular complexity index is 767. The second kappa shape index (κ2) is 8.05. The molecule has 2 aromatic rings. The van der Waals surface area contributed by atoms with Crippen LogP contribution >= 0.6 is 11.6 Å². The molecule has 1 amide bonds. The number of halogens is 1. The first kappa shape index (κ1) is 17.4. The molecule has 8 heteroatoms. The van der Waals surface area contributed by atoms with Crippen molar-refractivity contribution in [3.63, 3.8) is 0 Å². The van der Waals surface area contributed by atoms with Gasteiger partial charge in [-0.2, -0.15) is 0 Å². The maximum atomic E-state index is 11.9. The van der Waals surface area contributed by atoms with Crippen LogP contribution in [0.25, 0.3) is 0 Å². The number of rotatable bonds is 7. The minimum absolute atomic E-state index is 0.231. The van der Waals surface area contributed by atoms with Gasteiger partial charge in [-0.1, -0.05) is 23.7 Å². The van der Waals surface area contributed by atoms with Gasteiger partial charge in [0.25, 0.3) is 0 Å². The van der Waals surface area contributed by atoms with E-state index < -0.39 is 15.9 Å². The Morgan fingerprint density at radius 2 is 1.87 bits per heavy atom. The third-order valence-corrected chi connectivity index (χ3v) is 4.47. The predicted molar refractivity (Wildman–Crippen MR) is 88.2 cm³/mol. The van der Waals surface area contributed by atoms with Crippen LogP contribution < -0.4 is 10.0 Å². The second-order valence-corrected chi connectivity index (χ2v) is 7.09. The Morgan fingerprint density at radius 3 is 2.57 bits per heavy atom. The molecule has 1 aromatic carbocycles. The summed E-state index contributed by atoms with van der Waals surface area (Å²) in [6.07, 6.45) is 3.24. The molecular formula is C15H16ClN3O3S. The number of carbonyl (C=O) groups excluding carboxylic acids is 1. The smallest absolute Gasteiger partial charge is 0.235 e. The fourth-order valence-electron chi connectivity index (χ4n) is 1.84. The molecule has 0 spiro atoms. The molecule has 23 heavy (non-hydrogen) atoms. The fourth-order valence-corrected chi connectivity index (χ4v) is 3.12. The van der Waals surface area contributed by atoms with E-state index in [2.05, 4.69) is 15.0 Å². The SMILES string of the molecule is O=C(CNS(=O)(=O)Cc1cccc(Cl)c1)NCc1ccncc1. The third kappa shape index (κ3) is 6.35. The van der Waals surface area contributed by atoms with E-state index in [-0.39, 0.29) is 12.3 Å². The average molecular weight is 354 g/mol. The number of pyridine rings is 1. The van der Waals surface area contributed by atoms with Crippen LogP contribution in [0.3, 0.4) is 0 Å². The number of nitrogens with zero attached hydrogens (tertiary/aromatic N) is 1. The van der Waals surface area contributed by atoms with Gasteiger partial charge in [0, 0.05) is 24.0 Å².